The molecule has 108 valence electrons. The molecule has 1 unspecified atom stereocenters. The number of hydrogen-bond acceptors (Lipinski definition) is 2. The summed E-state index contributed by atoms with van der Waals surface area (Å²) in [7, 11) is 0. The first-order chi connectivity index (χ1) is 9.32. The lowest BCUT2D eigenvalue weighted by atomic mass is 9.48. The van der Waals surface area contributed by atoms with Gasteiger partial charge < -0.3 is 10.6 Å². The summed E-state index contributed by atoms with van der Waals surface area (Å²) in [6.07, 6.45) is 4.49. The number of rotatable bonds is 2. The van der Waals surface area contributed by atoms with Crippen LogP contribution in [0.2, 0.25) is 0 Å². The number of Topliss-reactive ketones (excluding diaryl/α,β-unsaturated/α-hetero) is 1. The molecule has 2 N–H and O–H groups in total. The summed E-state index contributed by atoms with van der Waals surface area (Å²) in [5.74, 6) is 1.26. The Bertz CT molecular complexity index is 557. The Kier molecular flexibility index (Phi) is 2.82. The molecule has 20 heavy (non-hydrogen) atoms. The zero-order chi connectivity index (χ0) is 14.7. The highest BCUT2D eigenvalue weighted by Crippen LogP contribution is 2.60. The van der Waals surface area contributed by atoms with Gasteiger partial charge in [0, 0.05) is 11.3 Å². The molecular formula is C16H22N2O2. The van der Waals surface area contributed by atoms with Crippen LogP contribution in [0.15, 0.2) is 22.9 Å². The number of amides is 2. The van der Waals surface area contributed by atoms with Crippen LogP contribution in [0.3, 0.4) is 0 Å². The van der Waals surface area contributed by atoms with Gasteiger partial charge in [-0.25, -0.2) is 4.79 Å². The van der Waals surface area contributed by atoms with Gasteiger partial charge in [0.05, 0.1) is 6.04 Å². The zero-order valence-electron chi connectivity index (χ0n) is 12.5. The second-order valence-electron chi connectivity index (χ2n) is 6.87. The molecule has 1 aliphatic heterocycles. The Morgan fingerprint density at radius 1 is 1.40 bits per heavy atom. The molecule has 1 heterocycles. The largest absolute Gasteiger partial charge is 0.327 e. The summed E-state index contributed by atoms with van der Waals surface area (Å²) in [5.41, 5.74) is 2.91. The maximum atomic E-state index is 12.0. The predicted octanol–water partition coefficient (Wildman–Crippen LogP) is 2.52. The van der Waals surface area contributed by atoms with Crippen molar-refractivity contribution >= 4 is 11.8 Å². The molecule has 0 aromatic rings. The molecule has 1 fully saturated rings. The molecule has 2 amide bonds. The molecule has 0 aromatic carbocycles. The Balaban J connectivity index is 2.00. The fraction of sp³-hybridized carbons (Fsp3) is 0.625. The molecular weight excluding hydrogens is 252 g/mol. The maximum absolute atomic E-state index is 12.0. The molecule has 1 saturated carbocycles. The lowest BCUT2D eigenvalue weighted by Gasteiger charge is -2.58. The van der Waals surface area contributed by atoms with Crippen molar-refractivity contribution < 1.29 is 9.59 Å². The van der Waals surface area contributed by atoms with Gasteiger partial charge in [0.25, 0.3) is 0 Å². The van der Waals surface area contributed by atoms with Crippen molar-refractivity contribution in [1.29, 1.82) is 0 Å². The molecule has 4 nitrogen and oxygen atoms in total. The first kappa shape index (κ1) is 13.4. The van der Waals surface area contributed by atoms with E-state index in [-0.39, 0.29) is 23.3 Å². The number of hydrogen-bond donors (Lipinski definition) is 2. The number of nitrogens with one attached hydrogen (secondary N) is 2. The van der Waals surface area contributed by atoms with Gasteiger partial charge in [-0.2, -0.15) is 0 Å². The van der Waals surface area contributed by atoms with Crippen LogP contribution in [-0.2, 0) is 4.79 Å². The number of urea groups is 1. The summed E-state index contributed by atoms with van der Waals surface area (Å²) >= 11 is 0. The zero-order valence-corrected chi connectivity index (χ0v) is 12.5. The standard InChI is InChI=1S/C16H22N2O2/c1-8-13(9(2)19)14(18-15(20)17-8)11-6-5-10-7-12(11)16(10,3)4/h6,10,12,14H,5,7H2,1-4H3,(H2,17,18,20)/t10-,12-,14?/m0/s1. The fourth-order valence-corrected chi connectivity index (χ4v) is 4.13. The minimum atomic E-state index is -0.244. The van der Waals surface area contributed by atoms with Crippen molar-refractivity contribution in [2.45, 2.75) is 46.6 Å². The predicted molar refractivity (Wildman–Crippen MR) is 76.9 cm³/mol. The first-order valence-electron chi connectivity index (χ1n) is 7.31. The van der Waals surface area contributed by atoms with Crippen LogP contribution in [0.1, 0.15) is 40.5 Å². The van der Waals surface area contributed by atoms with Gasteiger partial charge >= 0.3 is 6.03 Å². The maximum Gasteiger partial charge on any atom is 0.319 e. The van der Waals surface area contributed by atoms with E-state index in [1.165, 1.54) is 12.0 Å². The highest BCUT2D eigenvalue weighted by Gasteiger charge is 2.53. The van der Waals surface area contributed by atoms with E-state index >= 15 is 0 Å². The number of fused-ring (bicyclic) bond motifs is 1. The molecule has 3 atom stereocenters. The van der Waals surface area contributed by atoms with E-state index in [1.54, 1.807) is 13.8 Å². The fourth-order valence-electron chi connectivity index (χ4n) is 4.13. The first-order valence-corrected chi connectivity index (χ1v) is 7.31. The van der Waals surface area contributed by atoms with Crippen molar-refractivity contribution in [3.63, 3.8) is 0 Å². The molecule has 2 bridgehead atoms. The minimum absolute atomic E-state index is 0.0279. The van der Waals surface area contributed by atoms with Gasteiger partial charge in [0.2, 0.25) is 0 Å². The Morgan fingerprint density at radius 3 is 2.65 bits per heavy atom. The Hall–Kier alpha value is -1.58. The molecule has 0 spiro atoms. The molecule has 4 rings (SSSR count). The van der Waals surface area contributed by atoms with E-state index in [0.717, 1.165) is 12.3 Å². The molecule has 4 heteroatoms. The van der Waals surface area contributed by atoms with Gasteiger partial charge in [-0.3, -0.25) is 4.79 Å². The van der Waals surface area contributed by atoms with Crippen LogP contribution in [0.4, 0.5) is 4.79 Å². The number of carbonyl (C=O) groups is 2. The van der Waals surface area contributed by atoms with Crippen LogP contribution in [0, 0.1) is 17.3 Å². The highest BCUT2D eigenvalue weighted by atomic mass is 16.2. The summed E-state index contributed by atoms with van der Waals surface area (Å²) in [6, 6.07) is -0.454. The van der Waals surface area contributed by atoms with Gasteiger partial charge in [-0.1, -0.05) is 19.9 Å². The molecule has 0 radical (unpaired) electrons. The topological polar surface area (TPSA) is 58.2 Å². The van der Waals surface area contributed by atoms with Crippen LogP contribution in [0.25, 0.3) is 0 Å². The SMILES string of the molecule is CC(=O)C1=C(C)NC(=O)NC1C1=CC[C@H]2C[C@@H]1C2(C)C. The average Bonchev–Trinajstić information content (AvgIpc) is 2.36. The smallest absolute Gasteiger partial charge is 0.319 e. The van der Waals surface area contributed by atoms with E-state index in [0.29, 0.717) is 17.2 Å². The molecule has 0 saturated heterocycles. The molecule has 3 aliphatic carbocycles. The van der Waals surface area contributed by atoms with Crippen molar-refractivity contribution in [1.82, 2.24) is 10.6 Å². The third-order valence-corrected chi connectivity index (χ3v) is 5.49. The van der Waals surface area contributed by atoms with Gasteiger partial charge in [-0.05, 0) is 49.5 Å². The third-order valence-electron chi connectivity index (χ3n) is 5.49. The van der Waals surface area contributed by atoms with E-state index in [9.17, 15) is 9.59 Å². The van der Waals surface area contributed by atoms with Crippen LogP contribution < -0.4 is 10.6 Å². The van der Waals surface area contributed by atoms with Crippen LogP contribution in [0.5, 0.6) is 0 Å². The Morgan fingerprint density at radius 2 is 2.10 bits per heavy atom. The lowest BCUT2D eigenvalue weighted by Crippen LogP contribution is -2.56. The second kappa shape index (κ2) is 4.21. The van der Waals surface area contributed by atoms with Crippen molar-refractivity contribution in [2.75, 3.05) is 0 Å². The van der Waals surface area contributed by atoms with Crippen LogP contribution >= 0.6 is 0 Å². The quantitative estimate of drug-likeness (QED) is 0.760. The van der Waals surface area contributed by atoms with Crippen molar-refractivity contribution in [2.24, 2.45) is 17.3 Å². The number of carbonyl (C=O) groups excluding carboxylic acids is 2. The minimum Gasteiger partial charge on any atom is -0.327 e. The molecule has 0 aromatic heterocycles. The van der Waals surface area contributed by atoms with Crippen molar-refractivity contribution in [3.05, 3.63) is 22.9 Å². The summed E-state index contributed by atoms with van der Waals surface area (Å²) in [4.78, 5) is 23.8. The van der Waals surface area contributed by atoms with E-state index in [1.807, 2.05) is 0 Å². The van der Waals surface area contributed by atoms with Gasteiger partial charge in [0.1, 0.15) is 0 Å². The molecule has 4 aliphatic rings. The number of allylic oxidation sites excluding steroid dienone is 2. The van der Waals surface area contributed by atoms with Crippen LogP contribution in [-0.4, -0.2) is 17.9 Å². The number of ketones is 1. The van der Waals surface area contributed by atoms with E-state index < -0.39 is 0 Å². The van der Waals surface area contributed by atoms with Crippen molar-refractivity contribution in [3.8, 4) is 0 Å². The lowest BCUT2D eigenvalue weighted by molar-refractivity contribution is -0.114. The average molecular weight is 274 g/mol. The van der Waals surface area contributed by atoms with Gasteiger partial charge in [0.15, 0.2) is 5.78 Å². The Labute approximate surface area is 119 Å². The normalized spacial score (nSPS) is 34.7. The van der Waals surface area contributed by atoms with E-state index in [4.69, 9.17) is 0 Å². The summed E-state index contributed by atoms with van der Waals surface area (Å²) in [6.45, 7) is 7.97. The second-order valence-corrected chi connectivity index (χ2v) is 6.87. The summed E-state index contributed by atoms with van der Waals surface area (Å²) < 4.78 is 0. The third kappa shape index (κ3) is 1.74. The highest BCUT2D eigenvalue weighted by molar-refractivity contribution is 5.99. The monoisotopic (exact) mass is 274 g/mol. The van der Waals surface area contributed by atoms with E-state index in [2.05, 4.69) is 30.6 Å². The summed E-state index contributed by atoms with van der Waals surface area (Å²) in [5, 5.41) is 5.65. The van der Waals surface area contributed by atoms with Gasteiger partial charge in [-0.15, -0.1) is 0 Å².